The molecule has 0 aliphatic rings. The van der Waals surface area contributed by atoms with E-state index in [1.165, 1.54) is 18.2 Å². The lowest BCUT2D eigenvalue weighted by molar-refractivity contribution is -0.383. The highest BCUT2D eigenvalue weighted by Crippen LogP contribution is 2.23. The third-order valence-corrected chi connectivity index (χ3v) is 3.49. The number of thioether (sulfide) groups is 1. The number of amides is 1. The smallest absolute Gasteiger partial charge is 0.320 e. The highest BCUT2D eigenvalue weighted by molar-refractivity contribution is 7.99. The molecule has 0 fully saturated rings. The summed E-state index contributed by atoms with van der Waals surface area (Å²) in [5, 5.41) is 13.8. The number of hydrogen-bond acceptors (Lipinski definition) is 6. The molecule has 0 saturated carbocycles. The molecule has 2 N–H and O–H groups in total. The fraction of sp³-hybridized carbons (Fsp3) is 0.154. The second kappa shape index (κ2) is 6.85. The van der Waals surface area contributed by atoms with Gasteiger partial charge in [0.05, 0.1) is 10.7 Å². The maximum absolute atomic E-state index is 11.9. The fourth-order valence-corrected chi connectivity index (χ4v) is 2.45. The molecule has 1 aromatic heterocycles. The second-order valence-electron chi connectivity index (χ2n) is 4.32. The van der Waals surface area contributed by atoms with Crippen molar-refractivity contribution in [3.05, 3.63) is 56.6 Å². The van der Waals surface area contributed by atoms with E-state index in [0.29, 0.717) is 10.7 Å². The summed E-state index contributed by atoms with van der Waals surface area (Å²) in [6.45, 7) is 1.71. The van der Waals surface area contributed by atoms with Crippen LogP contribution in [0.1, 0.15) is 5.69 Å². The fourth-order valence-electron chi connectivity index (χ4n) is 1.69. The van der Waals surface area contributed by atoms with Crippen LogP contribution in [0.3, 0.4) is 0 Å². The van der Waals surface area contributed by atoms with E-state index < -0.39 is 16.5 Å². The van der Waals surface area contributed by atoms with Gasteiger partial charge in [-0.1, -0.05) is 23.9 Å². The Hall–Kier alpha value is -2.68. The van der Waals surface area contributed by atoms with Crippen molar-refractivity contribution in [1.29, 1.82) is 0 Å². The van der Waals surface area contributed by atoms with Gasteiger partial charge in [-0.25, -0.2) is 4.79 Å². The average molecular weight is 320 g/mol. The van der Waals surface area contributed by atoms with Crippen molar-refractivity contribution in [1.82, 2.24) is 9.97 Å². The first-order valence-electron chi connectivity index (χ1n) is 6.20. The zero-order valence-electron chi connectivity index (χ0n) is 11.5. The van der Waals surface area contributed by atoms with E-state index in [1.807, 2.05) is 0 Å². The van der Waals surface area contributed by atoms with Crippen LogP contribution in [-0.4, -0.2) is 26.6 Å². The summed E-state index contributed by atoms with van der Waals surface area (Å²) in [4.78, 5) is 39.6. The van der Waals surface area contributed by atoms with Crippen molar-refractivity contribution in [2.24, 2.45) is 0 Å². The first-order valence-corrected chi connectivity index (χ1v) is 7.18. The quantitative estimate of drug-likeness (QED) is 0.375. The number of nitrogens with zero attached hydrogens (tertiary/aromatic N) is 2. The Kier molecular flexibility index (Phi) is 4.89. The van der Waals surface area contributed by atoms with E-state index in [2.05, 4.69) is 15.3 Å². The molecule has 0 aliphatic heterocycles. The Morgan fingerprint density at radius 3 is 2.86 bits per heavy atom. The maximum atomic E-state index is 11.9. The predicted molar refractivity (Wildman–Crippen MR) is 82.0 cm³/mol. The van der Waals surface area contributed by atoms with Crippen LogP contribution in [0, 0.1) is 17.0 Å². The Labute approximate surface area is 129 Å². The summed E-state index contributed by atoms with van der Waals surface area (Å²) in [5.41, 5.74) is 0.113. The molecule has 1 heterocycles. The normalized spacial score (nSPS) is 10.2. The zero-order valence-corrected chi connectivity index (χ0v) is 12.3. The van der Waals surface area contributed by atoms with Gasteiger partial charge in [0.1, 0.15) is 10.7 Å². The van der Waals surface area contributed by atoms with Gasteiger partial charge in [-0.2, -0.15) is 4.98 Å². The van der Waals surface area contributed by atoms with Gasteiger partial charge in [0.15, 0.2) is 0 Å². The van der Waals surface area contributed by atoms with Crippen molar-refractivity contribution in [2.45, 2.75) is 11.9 Å². The van der Waals surface area contributed by atoms with Crippen molar-refractivity contribution in [3.63, 3.8) is 0 Å². The number of nitrogens with one attached hydrogen (secondary N) is 2. The third-order valence-electron chi connectivity index (χ3n) is 2.58. The van der Waals surface area contributed by atoms with Gasteiger partial charge >= 0.3 is 5.69 Å². The molecule has 2 aromatic rings. The van der Waals surface area contributed by atoms with Gasteiger partial charge in [-0.3, -0.25) is 14.9 Å². The van der Waals surface area contributed by atoms with Gasteiger partial charge in [-0.05, 0) is 19.1 Å². The molecule has 8 nitrogen and oxygen atoms in total. The minimum Gasteiger partial charge on any atom is -0.320 e. The van der Waals surface area contributed by atoms with Gasteiger partial charge in [0.25, 0.3) is 5.69 Å². The topological polar surface area (TPSA) is 118 Å². The van der Waals surface area contributed by atoms with Crippen molar-refractivity contribution in [3.8, 4) is 0 Å². The number of H-pyrrole nitrogens is 1. The van der Waals surface area contributed by atoms with E-state index in [9.17, 15) is 19.7 Å². The number of hydrogen-bond donors (Lipinski definition) is 2. The maximum Gasteiger partial charge on any atom is 0.346 e. The number of nitro benzene ring substituents is 1. The number of aryl methyl sites for hydroxylation is 1. The van der Waals surface area contributed by atoms with Crippen LogP contribution in [0.2, 0.25) is 0 Å². The first-order chi connectivity index (χ1) is 10.5. The van der Waals surface area contributed by atoms with Crippen molar-refractivity contribution in [2.75, 3.05) is 11.1 Å². The molecule has 0 radical (unpaired) electrons. The molecule has 114 valence electrons. The second-order valence-corrected chi connectivity index (χ2v) is 5.31. The van der Waals surface area contributed by atoms with Crippen LogP contribution in [0.15, 0.2) is 40.2 Å². The molecule has 1 aromatic carbocycles. The molecular weight excluding hydrogens is 308 g/mol. The van der Waals surface area contributed by atoms with Gasteiger partial charge in [0.2, 0.25) is 5.91 Å². The van der Waals surface area contributed by atoms with Crippen LogP contribution in [-0.2, 0) is 4.79 Å². The summed E-state index contributed by atoms with van der Waals surface area (Å²) in [5.74, 6) is -0.430. The molecule has 2 rings (SSSR count). The van der Waals surface area contributed by atoms with Crippen LogP contribution in [0.25, 0.3) is 0 Å². The van der Waals surface area contributed by atoms with Gasteiger partial charge < -0.3 is 10.3 Å². The first kappa shape index (κ1) is 15.7. The largest absolute Gasteiger partial charge is 0.346 e. The third kappa shape index (κ3) is 4.16. The van der Waals surface area contributed by atoms with E-state index in [0.717, 1.165) is 11.8 Å². The van der Waals surface area contributed by atoms with E-state index in [4.69, 9.17) is 0 Å². The molecule has 0 saturated heterocycles. The molecule has 0 aliphatic carbocycles. The Bertz CT molecular complexity index is 775. The standard InChI is InChI=1S/C13H12N4O4S/c1-8-6-12(16-13(19)14-8)22-7-11(18)15-9-4-2-3-5-10(9)17(20)21/h2-6H,7H2,1H3,(H,15,18)(H,14,16,19). The van der Waals surface area contributed by atoms with Crippen LogP contribution >= 0.6 is 11.8 Å². The molecule has 0 spiro atoms. The molecule has 1 amide bonds. The zero-order chi connectivity index (χ0) is 16.1. The highest BCUT2D eigenvalue weighted by atomic mass is 32.2. The predicted octanol–water partition coefficient (Wildman–Crippen LogP) is 1.72. The van der Waals surface area contributed by atoms with Crippen LogP contribution in [0.4, 0.5) is 11.4 Å². The molecule has 0 unspecified atom stereocenters. The average Bonchev–Trinajstić information content (AvgIpc) is 2.44. The highest BCUT2D eigenvalue weighted by Gasteiger charge is 2.15. The number of aromatic nitrogens is 2. The number of para-hydroxylation sites is 2. The molecular formula is C13H12N4O4S. The number of anilines is 1. The SMILES string of the molecule is Cc1cc(SCC(=O)Nc2ccccc2[N+](=O)[O-])nc(=O)[nH]1. The number of carbonyl (C=O) groups excluding carboxylic acids is 1. The lowest BCUT2D eigenvalue weighted by Gasteiger charge is -2.05. The van der Waals surface area contributed by atoms with E-state index >= 15 is 0 Å². The molecule has 9 heteroatoms. The summed E-state index contributed by atoms with van der Waals surface area (Å²) in [6.07, 6.45) is 0. The van der Waals surface area contributed by atoms with Gasteiger partial charge in [0, 0.05) is 11.8 Å². The lowest BCUT2D eigenvalue weighted by atomic mass is 10.2. The van der Waals surface area contributed by atoms with E-state index in [-0.39, 0.29) is 17.1 Å². The summed E-state index contributed by atoms with van der Waals surface area (Å²) in [6, 6.07) is 7.52. The monoisotopic (exact) mass is 320 g/mol. The minimum absolute atomic E-state index is 0.0120. The molecule has 22 heavy (non-hydrogen) atoms. The molecule has 0 bridgehead atoms. The number of aromatic amines is 1. The number of benzene rings is 1. The Morgan fingerprint density at radius 1 is 1.45 bits per heavy atom. The van der Waals surface area contributed by atoms with Crippen molar-refractivity contribution >= 4 is 29.0 Å². The van der Waals surface area contributed by atoms with Crippen LogP contribution in [0.5, 0.6) is 0 Å². The van der Waals surface area contributed by atoms with E-state index in [1.54, 1.807) is 19.1 Å². The summed E-state index contributed by atoms with van der Waals surface area (Å²) in [7, 11) is 0. The number of rotatable bonds is 5. The Balaban J connectivity index is 2.02. The number of nitro groups is 1. The summed E-state index contributed by atoms with van der Waals surface area (Å²) >= 11 is 1.08. The Morgan fingerprint density at radius 2 is 2.18 bits per heavy atom. The lowest BCUT2D eigenvalue weighted by Crippen LogP contribution is -2.16. The number of carbonyl (C=O) groups is 1. The summed E-state index contributed by atoms with van der Waals surface area (Å²) < 4.78 is 0. The minimum atomic E-state index is -0.565. The molecule has 0 atom stereocenters. The van der Waals surface area contributed by atoms with Crippen LogP contribution < -0.4 is 11.0 Å². The van der Waals surface area contributed by atoms with Crippen molar-refractivity contribution < 1.29 is 9.72 Å². The van der Waals surface area contributed by atoms with Gasteiger partial charge in [-0.15, -0.1) is 0 Å².